The van der Waals surface area contributed by atoms with Crippen molar-refractivity contribution >= 4 is 21.7 Å². The third-order valence-electron chi connectivity index (χ3n) is 7.63. The van der Waals surface area contributed by atoms with Gasteiger partial charge in [-0.1, -0.05) is 0 Å². The number of rotatable bonds is 12. The van der Waals surface area contributed by atoms with Crippen LogP contribution in [0.4, 0.5) is 14.6 Å². The highest BCUT2D eigenvalue weighted by molar-refractivity contribution is 7.88. The maximum atomic E-state index is 15.5. The molecule has 1 aromatic heterocycles. The molecule has 10 nitrogen and oxygen atoms in total. The quantitative estimate of drug-likeness (QED) is 0.384. The van der Waals surface area contributed by atoms with E-state index >= 15 is 4.39 Å². The van der Waals surface area contributed by atoms with Gasteiger partial charge in [-0.2, -0.15) is 0 Å². The molecule has 1 aliphatic heterocycles. The number of halogens is 2. The number of ether oxygens (including phenoxy) is 1. The van der Waals surface area contributed by atoms with Gasteiger partial charge in [0.2, 0.25) is 10.0 Å². The molecule has 226 valence electrons. The van der Waals surface area contributed by atoms with E-state index in [0.717, 1.165) is 31.7 Å². The standard InChI is InChI=1S/C28H40F2N6O4S/c1-5-36(19(2)3)27(37)23-12-21(29)8-11-24(23)40-25-14-32-18-33-26(25)35-16-28(30,17-35)15-31-13-20-6-9-22(10-7-20)34-41(4,38)39/h8,11-12,14,18-20,22,31,34H,5-7,9-10,13,15-17H2,1-4H3/t20-,22-. The van der Waals surface area contributed by atoms with Crippen LogP contribution in [-0.2, 0) is 10.0 Å². The number of sulfonamides is 1. The van der Waals surface area contributed by atoms with Gasteiger partial charge in [0.05, 0.1) is 31.1 Å². The summed E-state index contributed by atoms with van der Waals surface area (Å²) in [5.41, 5.74) is -1.36. The predicted octanol–water partition coefficient (Wildman–Crippen LogP) is 3.50. The van der Waals surface area contributed by atoms with E-state index in [4.69, 9.17) is 4.74 Å². The molecule has 2 aromatic rings. The molecule has 1 aliphatic carbocycles. The average Bonchev–Trinajstić information content (AvgIpc) is 2.89. The number of carbonyl (C=O) groups excluding carboxylic acids is 1. The summed E-state index contributed by atoms with van der Waals surface area (Å²) in [6.45, 7) is 7.14. The maximum Gasteiger partial charge on any atom is 0.257 e. The van der Waals surface area contributed by atoms with E-state index in [1.807, 2.05) is 20.8 Å². The summed E-state index contributed by atoms with van der Waals surface area (Å²) in [6, 6.07) is 3.67. The topological polar surface area (TPSA) is 117 Å². The molecule has 1 amide bonds. The summed E-state index contributed by atoms with van der Waals surface area (Å²) in [5.74, 6) is 0.275. The van der Waals surface area contributed by atoms with Gasteiger partial charge in [0.1, 0.15) is 17.9 Å². The van der Waals surface area contributed by atoms with E-state index in [2.05, 4.69) is 20.0 Å². The SMILES string of the molecule is CCN(C(=O)c1cc(F)ccc1Oc1cncnc1N1CC(F)(CNC[C@H]2CC[C@H](NS(C)(=O)=O)CC2)C1)C(C)C. The molecule has 2 aliphatic rings. The maximum absolute atomic E-state index is 15.5. The van der Waals surface area contributed by atoms with Crippen LogP contribution >= 0.6 is 0 Å². The fourth-order valence-electron chi connectivity index (χ4n) is 5.58. The van der Waals surface area contributed by atoms with Gasteiger partial charge >= 0.3 is 0 Å². The molecular formula is C28H40F2N6O4S. The summed E-state index contributed by atoms with van der Waals surface area (Å²) >= 11 is 0. The normalized spacial score (nSPS) is 20.5. The zero-order chi connectivity index (χ0) is 29.8. The highest BCUT2D eigenvalue weighted by Crippen LogP contribution is 2.37. The summed E-state index contributed by atoms with van der Waals surface area (Å²) in [5, 5.41) is 3.26. The first-order valence-electron chi connectivity index (χ1n) is 14.1. The van der Waals surface area contributed by atoms with Crippen LogP contribution in [0.3, 0.4) is 0 Å². The lowest BCUT2D eigenvalue weighted by Gasteiger charge is -2.45. The minimum atomic E-state index is -3.21. The molecule has 0 spiro atoms. The van der Waals surface area contributed by atoms with E-state index < -0.39 is 21.5 Å². The van der Waals surface area contributed by atoms with Crippen LogP contribution in [-0.4, -0.2) is 85.9 Å². The van der Waals surface area contributed by atoms with Gasteiger partial charge in [0, 0.05) is 25.2 Å². The van der Waals surface area contributed by atoms with Gasteiger partial charge in [-0.3, -0.25) is 4.79 Å². The van der Waals surface area contributed by atoms with Gasteiger partial charge in [0.15, 0.2) is 17.2 Å². The number of amides is 1. The van der Waals surface area contributed by atoms with Crippen molar-refractivity contribution in [1.29, 1.82) is 0 Å². The molecule has 1 saturated carbocycles. The van der Waals surface area contributed by atoms with Crippen molar-refractivity contribution in [3.8, 4) is 11.5 Å². The Morgan fingerprint density at radius 1 is 1.22 bits per heavy atom. The monoisotopic (exact) mass is 594 g/mol. The molecule has 2 N–H and O–H groups in total. The van der Waals surface area contributed by atoms with Crippen LogP contribution < -0.4 is 19.7 Å². The lowest BCUT2D eigenvalue weighted by molar-refractivity contribution is 0.0713. The van der Waals surface area contributed by atoms with E-state index in [-0.39, 0.29) is 54.7 Å². The Labute approximate surface area is 240 Å². The largest absolute Gasteiger partial charge is 0.451 e. The lowest BCUT2D eigenvalue weighted by Crippen LogP contribution is -2.64. The minimum absolute atomic E-state index is 0.0249. The molecule has 13 heteroatoms. The molecular weight excluding hydrogens is 554 g/mol. The number of aromatic nitrogens is 2. The molecule has 2 fully saturated rings. The van der Waals surface area contributed by atoms with Crippen molar-refractivity contribution in [2.24, 2.45) is 5.92 Å². The van der Waals surface area contributed by atoms with Crippen molar-refractivity contribution in [3.05, 3.63) is 42.1 Å². The zero-order valence-corrected chi connectivity index (χ0v) is 24.9. The molecule has 0 atom stereocenters. The van der Waals surface area contributed by atoms with Crippen molar-refractivity contribution in [3.63, 3.8) is 0 Å². The van der Waals surface area contributed by atoms with Gasteiger partial charge in [-0.15, -0.1) is 0 Å². The third-order valence-corrected chi connectivity index (χ3v) is 8.39. The summed E-state index contributed by atoms with van der Waals surface area (Å²) in [6.07, 6.45) is 7.30. The van der Waals surface area contributed by atoms with Crippen LogP contribution in [0.25, 0.3) is 0 Å². The van der Waals surface area contributed by atoms with Gasteiger partial charge in [-0.05, 0) is 77.1 Å². The van der Waals surface area contributed by atoms with Crippen LogP contribution in [0.5, 0.6) is 11.5 Å². The Hall–Kier alpha value is -2.90. The van der Waals surface area contributed by atoms with Crippen molar-refractivity contribution in [2.45, 2.75) is 64.2 Å². The van der Waals surface area contributed by atoms with Gasteiger partial charge in [0.25, 0.3) is 5.91 Å². The van der Waals surface area contributed by atoms with Crippen LogP contribution in [0.2, 0.25) is 0 Å². The first-order chi connectivity index (χ1) is 19.4. The van der Waals surface area contributed by atoms with E-state index in [1.54, 1.807) is 9.80 Å². The molecule has 4 rings (SSSR count). The van der Waals surface area contributed by atoms with Crippen LogP contribution in [0.1, 0.15) is 56.8 Å². The summed E-state index contributed by atoms with van der Waals surface area (Å²) < 4.78 is 61.2. The summed E-state index contributed by atoms with van der Waals surface area (Å²) in [7, 11) is -3.21. The Bertz CT molecular complexity index is 1310. The number of carbonyl (C=O) groups is 1. The van der Waals surface area contributed by atoms with E-state index in [1.165, 1.54) is 30.9 Å². The number of nitrogens with one attached hydrogen (secondary N) is 2. The third kappa shape index (κ3) is 8.10. The number of nitrogens with zero attached hydrogens (tertiary/aromatic N) is 4. The van der Waals surface area contributed by atoms with E-state index in [0.29, 0.717) is 24.8 Å². The van der Waals surface area contributed by atoms with E-state index in [9.17, 15) is 17.6 Å². The average molecular weight is 595 g/mol. The molecule has 0 unspecified atom stereocenters. The van der Waals surface area contributed by atoms with Gasteiger partial charge < -0.3 is 19.9 Å². The first-order valence-corrected chi connectivity index (χ1v) is 16.0. The minimum Gasteiger partial charge on any atom is -0.451 e. The Morgan fingerprint density at radius 3 is 2.56 bits per heavy atom. The van der Waals surface area contributed by atoms with Crippen molar-refractivity contribution in [2.75, 3.05) is 43.9 Å². The number of benzene rings is 1. The fraction of sp³-hybridized carbons (Fsp3) is 0.607. The molecule has 1 saturated heterocycles. The Balaban J connectivity index is 1.34. The highest BCUT2D eigenvalue weighted by atomic mass is 32.2. The van der Waals surface area contributed by atoms with Crippen LogP contribution in [0, 0.1) is 11.7 Å². The molecule has 0 radical (unpaired) electrons. The predicted molar refractivity (Wildman–Crippen MR) is 153 cm³/mol. The molecule has 41 heavy (non-hydrogen) atoms. The number of alkyl halides is 1. The molecule has 0 bridgehead atoms. The number of hydrogen-bond donors (Lipinski definition) is 2. The second-order valence-electron chi connectivity index (χ2n) is 11.4. The Kier molecular flexibility index (Phi) is 9.81. The molecule has 2 heterocycles. The number of anilines is 1. The van der Waals surface area contributed by atoms with Crippen LogP contribution in [0.15, 0.2) is 30.7 Å². The second kappa shape index (κ2) is 13.0. The number of hydrogen-bond acceptors (Lipinski definition) is 8. The van der Waals surface area contributed by atoms with Crippen molar-refractivity contribution in [1.82, 2.24) is 24.9 Å². The summed E-state index contributed by atoms with van der Waals surface area (Å²) in [4.78, 5) is 24.9. The highest BCUT2D eigenvalue weighted by Gasteiger charge is 2.45. The van der Waals surface area contributed by atoms with Crippen molar-refractivity contribution < 1.29 is 26.7 Å². The smallest absolute Gasteiger partial charge is 0.257 e. The Morgan fingerprint density at radius 2 is 1.93 bits per heavy atom. The fourth-order valence-corrected chi connectivity index (χ4v) is 6.42. The second-order valence-corrected chi connectivity index (χ2v) is 13.2. The first kappa shape index (κ1) is 31.0. The van der Waals surface area contributed by atoms with Gasteiger partial charge in [-0.25, -0.2) is 31.9 Å². The molecule has 1 aromatic carbocycles. The lowest BCUT2D eigenvalue weighted by atomic mass is 9.86. The zero-order valence-electron chi connectivity index (χ0n) is 24.1.